The van der Waals surface area contributed by atoms with Gasteiger partial charge in [0.1, 0.15) is 5.75 Å². The van der Waals surface area contributed by atoms with Crippen LogP contribution in [0.5, 0.6) is 5.75 Å². The van der Waals surface area contributed by atoms with Crippen molar-refractivity contribution in [3.05, 3.63) is 30.1 Å². The van der Waals surface area contributed by atoms with E-state index in [1.54, 1.807) is 7.11 Å². The highest BCUT2D eigenvalue weighted by Gasteiger charge is 2.12. The van der Waals surface area contributed by atoms with Gasteiger partial charge in [-0.1, -0.05) is 0 Å². The Morgan fingerprint density at radius 3 is 2.88 bits per heavy atom. The Bertz CT molecular complexity index is 678. The maximum Gasteiger partial charge on any atom is 0.214 e. The third-order valence-corrected chi connectivity index (χ3v) is 3.10. The highest BCUT2D eigenvalue weighted by molar-refractivity contribution is 5.85. The van der Waals surface area contributed by atoms with Gasteiger partial charge in [0.15, 0.2) is 0 Å². The van der Waals surface area contributed by atoms with Gasteiger partial charge in [-0.2, -0.15) is 0 Å². The predicted molar refractivity (Wildman–Crippen MR) is 63.0 cm³/mol. The lowest BCUT2D eigenvalue weighted by Crippen LogP contribution is -1.93. The molecule has 0 aliphatic carbocycles. The van der Waals surface area contributed by atoms with Crippen molar-refractivity contribution >= 4 is 16.8 Å². The topological polar surface area (TPSA) is 31.5 Å². The Hall–Kier alpha value is -1.97. The van der Waals surface area contributed by atoms with E-state index < -0.39 is 0 Å². The molecular formula is C12H13N3O. The van der Waals surface area contributed by atoms with Crippen LogP contribution in [0.3, 0.4) is 0 Å². The maximum atomic E-state index is 5.34. The van der Waals surface area contributed by atoms with E-state index in [0.717, 1.165) is 22.6 Å². The van der Waals surface area contributed by atoms with Crippen molar-refractivity contribution in [1.29, 1.82) is 0 Å². The molecule has 0 radical (unpaired) electrons. The van der Waals surface area contributed by atoms with Crippen molar-refractivity contribution in [3.8, 4) is 5.75 Å². The van der Waals surface area contributed by atoms with Crippen molar-refractivity contribution in [2.24, 2.45) is 7.05 Å². The number of aromatic nitrogens is 3. The van der Waals surface area contributed by atoms with Crippen LogP contribution in [-0.2, 0) is 7.05 Å². The van der Waals surface area contributed by atoms with Crippen molar-refractivity contribution in [1.82, 2.24) is 14.0 Å². The lowest BCUT2D eigenvalue weighted by atomic mass is 10.2. The highest BCUT2D eigenvalue weighted by Crippen LogP contribution is 2.28. The summed E-state index contributed by atoms with van der Waals surface area (Å²) in [6, 6.07) is 4.06. The van der Waals surface area contributed by atoms with Crippen LogP contribution >= 0.6 is 0 Å². The van der Waals surface area contributed by atoms with Crippen molar-refractivity contribution < 1.29 is 4.74 Å². The molecule has 82 valence electrons. The van der Waals surface area contributed by atoms with Crippen LogP contribution in [0.4, 0.5) is 0 Å². The van der Waals surface area contributed by atoms with Gasteiger partial charge < -0.3 is 9.30 Å². The molecule has 3 aromatic rings. The number of imidazole rings is 2. The van der Waals surface area contributed by atoms with Crippen molar-refractivity contribution in [3.63, 3.8) is 0 Å². The average Bonchev–Trinajstić information content (AvgIpc) is 2.84. The summed E-state index contributed by atoms with van der Waals surface area (Å²) in [5.74, 6) is 1.86. The summed E-state index contributed by atoms with van der Waals surface area (Å²) in [5, 5.41) is 0. The second-order valence-corrected chi connectivity index (χ2v) is 3.92. The van der Waals surface area contributed by atoms with E-state index in [2.05, 4.69) is 26.9 Å². The van der Waals surface area contributed by atoms with Gasteiger partial charge >= 0.3 is 0 Å². The zero-order valence-electron chi connectivity index (χ0n) is 9.56. The van der Waals surface area contributed by atoms with Crippen LogP contribution in [0.2, 0.25) is 0 Å². The molecule has 0 aliphatic heterocycles. The minimum absolute atomic E-state index is 0.913. The van der Waals surface area contributed by atoms with Crippen LogP contribution in [0, 0.1) is 6.92 Å². The minimum Gasteiger partial charge on any atom is -0.496 e. The Labute approximate surface area is 93.1 Å². The summed E-state index contributed by atoms with van der Waals surface area (Å²) in [5.41, 5.74) is 3.48. The van der Waals surface area contributed by atoms with Gasteiger partial charge in [0.25, 0.3) is 0 Å². The molecule has 0 amide bonds. The molecule has 16 heavy (non-hydrogen) atoms. The first-order valence-corrected chi connectivity index (χ1v) is 5.19. The van der Waals surface area contributed by atoms with Gasteiger partial charge in [0, 0.05) is 25.0 Å². The second-order valence-electron chi connectivity index (χ2n) is 3.92. The molecule has 2 aromatic heterocycles. The standard InChI is InChI=1S/C12H13N3O/c1-8-10(16-3)5-4-9-11(8)14(2)12-13-6-7-15(9)12/h4-7H,1-3H3. The summed E-state index contributed by atoms with van der Waals surface area (Å²) in [4.78, 5) is 4.34. The summed E-state index contributed by atoms with van der Waals surface area (Å²) < 4.78 is 9.51. The fourth-order valence-corrected chi connectivity index (χ4v) is 2.34. The molecule has 0 saturated carbocycles. The molecule has 0 fully saturated rings. The molecule has 0 N–H and O–H groups in total. The van der Waals surface area contributed by atoms with Crippen molar-refractivity contribution in [2.45, 2.75) is 6.92 Å². The van der Waals surface area contributed by atoms with Crippen molar-refractivity contribution in [2.75, 3.05) is 7.11 Å². The van der Waals surface area contributed by atoms with E-state index in [1.807, 2.05) is 25.5 Å². The summed E-state index contributed by atoms with van der Waals surface area (Å²) >= 11 is 0. The van der Waals surface area contributed by atoms with Crippen LogP contribution in [-0.4, -0.2) is 21.1 Å². The number of ether oxygens (including phenoxy) is 1. The molecule has 2 heterocycles. The van der Waals surface area contributed by atoms with E-state index in [0.29, 0.717) is 0 Å². The van der Waals surface area contributed by atoms with Crippen LogP contribution < -0.4 is 4.74 Å². The lowest BCUT2D eigenvalue weighted by molar-refractivity contribution is 0.412. The molecule has 0 spiro atoms. The molecule has 1 aromatic carbocycles. The molecule has 4 heteroatoms. The SMILES string of the molecule is COc1ccc2c(c1C)n(C)c1nccn21. The van der Waals surface area contributed by atoms with Crippen LogP contribution in [0.1, 0.15) is 5.56 Å². The van der Waals surface area contributed by atoms with Gasteiger partial charge in [-0.15, -0.1) is 0 Å². The van der Waals surface area contributed by atoms with E-state index in [9.17, 15) is 0 Å². The molecule has 0 atom stereocenters. The van der Waals surface area contributed by atoms with Gasteiger partial charge in [-0.25, -0.2) is 4.98 Å². The monoisotopic (exact) mass is 215 g/mol. The summed E-state index contributed by atoms with van der Waals surface area (Å²) in [7, 11) is 3.72. The van der Waals surface area contributed by atoms with Crippen LogP contribution in [0.15, 0.2) is 24.5 Å². The largest absolute Gasteiger partial charge is 0.496 e. The number of rotatable bonds is 1. The summed E-state index contributed by atoms with van der Waals surface area (Å²) in [6.45, 7) is 2.07. The zero-order valence-corrected chi connectivity index (χ0v) is 9.56. The average molecular weight is 215 g/mol. The smallest absolute Gasteiger partial charge is 0.214 e. The first kappa shape index (κ1) is 9.27. The predicted octanol–water partition coefficient (Wildman–Crippen LogP) is 2.14. The molecule has 0 aliphatic rings. The second kappa shape index (κ2) is 3.01. The number of hydrogen-bond donors (Lipinski definition) is 0. The lowest BCUT2D eigenvalue weighted by Gasteiger charge is -2.06. The number of hydrogen-bond acceptors (Lipinski definition) is 2. The number of fused-ring (bicyclic) bond motifs is 3. The Kier molecular flexibility index (Phi) is 1.74. The maximum absolute atomic E-state index is 5.34. The molecule has 3 rings (SSSR count). The quantitative estimate of drug-likeness (QED) is 0.622. The van der Waals surface area contributed by atoms with Crippen LogP contribution in [0.25, 0.3) is 16.8 Å². The van der Waals surface area contributed by atoms with Gasteiger partial charge in [-0.3, -0.25) is 4.40 Å². The van der Waals surface area contributed by atoms with Gasteiger partial charge in [0.2, 0.25) is 5.78 Å². The van der Waals surface area contributed by atoms with E-state index in [1.165, 1.54) is 5.52 Å². The fraction of sp³-hybridized carbons (Fsp3) is 0.250. The Balaban J connectivity index is 2.56. The molecular weight excluding hydrogens is 202 g/mol. The first-order valence-electron chi connectivity index (χ1n) is 5.19. The summed E-state index contributed by atoms with van der Waals surface area (Å²) in [6.07, 6.45) is 3.79. The Morgan fingerprint density at radius 1 is 1.31 bits per heavy atom. The number of nitrogens with zero attached hydrogens (tertiary/aromatic N) is 3. The Morgan fingerprint density at radius 2 is 2.12 bits per heavy atom. The zero-order chi connectivity index (χ0) is 11.3. The number of benzene rings is 1. The third kappa shape index (κ3) is 0.961. The molecule has 4 nitrogen and oxygen atoms in total. The fourth-order valence-electron chi connectivity index (χ4n) is 2.34. The van der Waals surface area contributed by atoms with E-state index >= 15 is 0 Å². The third-order valence-electron chi connectivity index (χ3n) is 3.10. The first-order chi connectivity index (χ1) is 7.74. The number of methoxy groups -OCH3 is 1. The minimum atomic E-state index is 0.913. The highest BCUT2D eigenvalue weighted by atomic mass is 16.5. The molecule has 0 bridgehead atoms. The number of aryl methyl sites for hydroxylation is 2. The molecule has 0 saturated heterocycles. The van der Waals surface area contributed by atoms with E-state index in [-0.39, 0.29) is 0 Å². The molecule has 0 unspecified atom stereocenters. The van der Waals surface area contributed by atoms with E-state index in [4.69, 9.17) is 4.74 Å². The normalized spacial score (nSPS) is 11.4. The van der Waals surface area contributed by atoms with Gasteiger partial charge in [0.05, 0.1) is 18.1 Å². The van der Waals surface area contributed by atoms with Gasteiger partial charge in [-0.05, 0) is 19.1 Å².